The van der Waals surface area contributed by atoms with Crippen molar-refractivity contribution in [3.63, 3.8) is 0 Å². The molecule has 0 N–H and O–H groups in total. The first-order valence-electron chi connectivity index (χ1n) is 8.84. The molecule has 1 aliphatic heterocycles. The maximum Gasteiger partial charge on any atom is 0.226 e. The number of nitrogens with zero attached hydrogens (tertiary/aromatic N) is 1. The van der Waals surface area contributed by atoms with Crippen LogP contribution in [0, 0.1) is 5.92 Å². The summed E-state index contributed by atoms with van der Waals surface area (Å²) in [5.41, 5.74) is 0. The van der Waals surface area contributed by atoms with Gasteiger partial charge in [-0.1, -0.05) is 12.2 Å². The highest BCUT2D eigenvalue weighted by Gasteiger charge is 2.34. The Morgan fingerprint density at radius 2 is 1.76 bits per heavy atom. The zero-order valence-electron chi connectivity index (χ0n) is 14.6. The van der Waals surface area contributed by atoms with Gasteiger partial charge < -0.3 is 9.64 Å². The van der Waals surface area contributed by atoms with Crippen LogP contribution < -0.4 is 4.74 Å². The SMILES string of the molecule is COc1ccc(S(=O)(=O)C2CCN(C(=O)[C@H]3CC=CCC3)CC2)cc1. The van der Waals surface area contributed by atoms with Gasteiger partial charge in [0.05, 0.1) is 17.3 Å². The number of benzene rings is 1. The second-order valence-corrected chi connectivity index (χ2v) is 8.95. The minimum atomic E-state index is -3.37. The van der Waals surface area contributed by atoms with Gasteiger partial charge in [-0.15, -0.1) is 0 Å². The predicted molar refractivity (Wildman–Crippen MR) is 96.3 cm³/mol. The molecule has 25 heavy (non-hydrogen) atoms. The van der Waals surface area contributed by atoms with E-state index >= 15 is 0 Å². The molecule has 1 saturated heterocycles. The molecule has 3 rings (SSSR count). The number of carbonyl (C=O) groups is 1. The molecule has 2 aliphatic rings. The molecule has 1 aromatic carbocycles. The lowest BCUT2D eigenvalue weighted by atomic mass is 9.92. The summed E-state index contributed by atoms with van der Waals surface area (Å²) in [6.07, 6.45) is 7.87. The molecular weight excluding hydrogens is 338 g/mol. The number of hydrogen-bond acceptors (Lipinski definition) is 4. The van der Waals surface area contributed by atoms with Crippen molar-refractivity contribution in [3.05, 3.63) is 36.4 Å². The van der Waals surface area contributed by atoms with E-state index in [2.05, 4.69) is 12.2 Å². The van der Waals surface area contributed by atoms with Gasteiger partial charge in [-0.05, 0) is 56.4 Å². The van der Waals surface area contributed by atoms with Crippen molar-refractivity contribution < 1.29 is 17.9 Å². The van der Waals surface area contributed by atoms with E-state index in [4.69, 9.17) is 4.74 Å². The van der Waals surface area contributed by atoms with Crippen molar-refractivity contribution in [1.29, 1.82) is 0 Å². The molecule has 0 unspecified atom stereocenters. The van der Waals surface area contributed by atoms with Crippen LogP contribution in [-0.2, 0) is 14.6 Å². The van der Waals surface area contributed by atoms with Gasteiger partial charge >= 0.3 is 0 Å². The van der Waals surface area contributed by atoms with Crippen LogP contribution in [0.25, 0.3) is 0 Å². The fraction of sp³-hybridized carbons (Fsp3) is 0.526. The molecule has 0 radical (unpaired) electrons. The molecule has 0 spiro atoms. The number of likely N-dealkylation sites (tertiary alicyclic amines) is 1. The average molecular weight is 363 g/mol. The Morgan fingerprint density at radius 3 is 2.32 bits per heavy atom. The van der Waals surface area contributed by atoms with Gasteiger partial charge in [-0.25, -0.2) is 8.42 Å². The lowest BCUT2D eigenvalue weighted by Gasteiger charge is -2.34. The van der Waals surface area contributed by atoms with Gasteiger partial charge in [0, 0.05) is 19.0 Å². The molecule has 0 saturated carbocycles. The fourth-order valence-corrected chi connectivity index (χ4v) is 5.35. The summed E-state index contributed by atoms with van der Waals surface area (Å²) in [4.78, 5) is 14.8. The smallest absolute Gasteiger partial charge is 0.226 e. The third-order valence-electron chi connectivity index (χ3n) is 5.20. The molecule has 1 aromatic rings. The lowest BCUT2D eigenvalue weighted by Crippen LogP contribution is -2.45. The van der Waals surface area contributed by atoms with Crippen LogP contribution in [-0.4, -0.2) is 44.7 Å². The van der Waals surface area contributed by atoms with Crippen molar-refractivity contribution in [2.24, 2.45) is 5.92 Å². The molecule has 1 fully saturated rings. The maximum absolute atomic E-state index is 12.8. The topological polar surface area (TPSA) is 63.7 Å². The van der Waals surface area contributed by atoms with E-state index in [-0.39, 0.29) is 11.8 Å². The average Bonchev–Trinajstić information content (AvgIpc) is 2.68. The van der Waals surface area contributed by atoms with E-state index in [0.717, 1.165) is 19.3 Å². The summed E-state index contributed by atoms with van der Waals surface area (Å²) in [7, 11) is -1.81. The van der Waals surface area contributed by atoms with Gasteiger partial charge in [0.25, 0.3) is 0 Å². The van der Waals surface area contributed by atoms with Crippen molar-refractivity contribution in [2.45, 2.75) is 42.2 Å². The number of carbonyl (C=O) groups excluding carboxylic acids is 1. The summed E-state index contributed by atoms with van der Waals surface area (Å²) in [6, 6.07) is 6.53. The number of methoxy groups -OCH3 is 1. The Kier molecular flexibility index (Phi) is 5.47. The Hall–Kier alpha value is -1.82. The first-order chi connectivity index (χ1) is 12.0. The monoisotopic (exact) mass is 363 g/mol. The van der Waals surface area contributed by atoms with Crippen LogP contribution >= 0.6 is 0 Å². The van der Waals surface area contributed by atoms with Crippen molar-refractivity contribution in [2.75, 3.05) is 20.2 Å². The fourth-order valence-electron chi connectivity index (χ4n) is 3.62. The number of rotatable bonds is 4. The summed E-state index contributed by atoms with van der Waals surface area (Å²) < 4.78 is 30.7. The zero-order valence-corrected chi connectivity index (χ0v) is 15.4. The second-order valence-electron chi connectivity index (χ2n) is 6.73. The van der Waals surface area contributed by atoms with Crippen molar-refractivity contribution in [3.8, 4) is 5.75 Å². The Balaban J connectivity index is 1.62. The Bertz CT molecular complexity index is 731. The molecule has 0 aromatic heterocycles. The molecule has 0 bridgehead atoms. The second kappa shape index (κ2) is 7.60. The van der Waals surface area contributed by atoms with E-state index in [9.17, 15) is 13.2 Å². The third-order valence-corrected chi connectivity index (χ3v) is 7.48. The molecule has 1 aliphatic carbocycles. The quantitative estimate of drug-likeness (QED) is 0.772. The van der Waals surface area contributed by atoms with Gasteiger partial charge in [-0.2, -0.15) is 0 Å². The highest BCUT2D eigenvalue weighted by atomic mass is 32.2. The van der Waals surface area contributed by atoms with E-state index < -0.39 is 15.1 Å². The minimum absolute atomic E-state index is 0.0692. The number of allylic oxidation sites excluding steroid dienone is 2. The summed E-state index contributed by atoms with van der Waals surface area (Å²) >= 11 is 0. The predicted octanol–water partition coefficient (Wildman–Crippen LogP) is 2.82. The van der Waals surface area contributed by atoms with Crippen LogP contribution in [0.15, 0.2) is 41.3 Å². The van der Waals surface area contributed by atoms with Crippen LogP contribution in [0.1, 0.15) is 32.1 Å². The van der Waals surface area contributed by atoms with Crippen LogP contribution in [0.4, 0.5) is 0 Å². The summed E-state index contributed by atoms with van der Waals surface area (Å²) in [5, 5.41) is -0.420. The molecular formula is C19H25NO4S. The lowest BCUT2D eigenvalue weighted by molar-refractivity contribution is -0.136. The van der Waals surface area contributed by atoms with Crippen LogP contribution in [0.2, 0.25) is 0 Å². The normalized spacial score (nSPS) is 22.0. The minimum Gasteiger partial charge on any atom is -0.497 e. The number of sulfone groups is 1. The van der Waals surface area contributed by atoms with Crippen LogP contribution in [0.5, 0.6) is 5.75 Å². The number of piperidine rings is 1. The summed E-state index contributed by atoms with van der Waals surface area (Å²) in [6.45, 7) is 1.05. The van der Waals surface area contributed by atoms with Gasteiger partial charge in [-0.3, -0.25) is 4.79 Å². The zero-order chi connectivity index (χ0) is 17.9. The van der Waals surface area contributed by atoms with E-state index in [0.29, 0.717) is 36.6 Å². The third kappa shape index (κ3) is 3.89. The Morgan fingerprint density at radius 1 is 1.08 bits per heavy atom. The highest BCUT2D eigenvalue weighted by Crippen LogP contribution is 2.28. The van der Waals surface area contributed by atoms with E-state index in [1.807, 2.05) is 4.90 Å². The number of ether oxygens (including phenoxy) is 1. The largest absolute Gasteiger partial charge is 0.497 e. The van der Waals surface area contributed by atoms with Crippen molar-refractivity contribution in [1.82, 2.24) is 4.90 Å². The van der Waals surface area contributed by atoms with E-state index in [1.165, 1.54) is 0 Å². The summed E-state index contributed by atoms with van der Waals surface area (Å²) in [5.74, 6) is 0.894. The first kappa shape index (κ1) is 18.0. The molecule has 136 valence electrons. The van der Waals surface area contributed by atoms with Gasteiger partial charge in [0.2, 0.25) is 5.91 Å². The van der Waals surface area contributed by atoms with Crippen molar-refractivity contribution >= 4 is 15.7 Å². The molecule has 1 heterocycles. The van der Waals surface area contributed by atoms with Crippen LogP contribution in [0.3, 0.4) is 0 Å². The first-order valence-corrected chi connectivity index (χ1v) is 10.4. The molecule has 5 nitrogen and oxygen atoms in total. The Labute approximate surface area is 149 Å². The maximum atomic E-state index is 12.8. The number of hydrogen-bond donors (Lipinski definition) is 0. The molecule has 1 atom stereocenters. The van der Waals surface area contributed by atoms with Gasteiger partial charge in [0.1, 0.15) is 5.75 Å². The number of amides is 1. The molecule has 6 heteroatoms. The van der Waals surface area contributed by atoms with Gasteiger partial charge in [0.15, 0.2) is 9.84 Å². The highest BCUT2D eigenvalue weighted by molar-refractivity contribution is 7.92. The van der Waals surface area contributed by atoms with E-state index in [1.54, 1.807) is 31.4 Å². The standard InChI is InChI=1S/C19H25NO4S/c1-24-16-7-9-17(10-8-16)25(22,23)18-11-13-20(14-12-18)19(21)15-5-3-2-4-6-15/h2-3,7-10,15,18H,4-6,11-14H2,1H3/t15-/m0/s1. The molecule has 1 amide bonds.